The van der Waals surface area contributed by atoms with Crippen LogP contribution in [0.15, 0.2) is 24.3 Å². The molecule has 0 radical (unpaired) electrons. The summed E-state index contributed by atoms with van der Waals surface area (Å²) in [7, 11) is 1.25. The zero-order valence-corrected chi connectivity index (χ0v) is 11.7. The number of carbonyl (C=O) groups excluding carboxylic acids is 2. The summed E-state index contributed by atoms with van der Waals surface area (Å²) in [5, 5.41) is 5.35. The lowest BCUT2D eigenvalue weighted by atomic mass is 10.1. The van der Waals surface area contributed by atoms with Gasteiger partial charge in [0.25, 0.3) is 5.91 Å². The Hall–Kier alpha value is -2.09. The van der Waals surface area contributed by atoms with Crippen LogP contribution in [0.3, 0.4) is 0 Å². The smallest absolute Gasteiger partial charge is 0.417 e. The molecular formula is C14H15F3N2O3. The maximum Gasteiger partial charge on any atom is 0.417 e. The summed E-state index contributed by atoms with van der Waals surface area (Å²) in [6, 6.07) is 3.58. The fraction of sp³-hybridized carbons (Fsp3) is 0.429. The topological polar surface area (TPSA) is 67.4 Å². The van der Waals surface area contributed by atoms with E-state index in [0.717, 1.165) is 12.1 Å². The van der Waals surface area contributed by atoms with Crippen LogP contribution in [-0.2, 0) is 15.7 Å². The Morgan fingerprint density at radius 3 is 2.64 bits per heavy atom. The zero-order valence-electron chi connectivity index (χ0n) is 11.7. The van der Waals surface area contributed by atoms with Crippen LogP contribution < -0.4 is 10.6 Å². The number of esters is 1. The molecule has 1 heterocycles. The van der Waals surface area contributed by atoms with Crippen molar-refractivity contribution in [1.82, 2.24) is 10.6 Å². The quantitative estimate of drug-likeness (QED) is 0.826. The Balaban J connectivity index is 2.07. The standard InChI is InChI=1S/C14H15F3N2O3/c1-22-13(21)11-6-8(7-18-11)19-12(20)9-4-2-3-5-10(9)14(15,16)17/h2-5,8,11,18H,6-7H2,1H3,(H,19,20)/t8-,11+/m1/s1. The lowest BCUT2D eigenvalue weighted by Gasteiger charge is -2.15. The summed E-state index contributed by atoms with van der Waals surface area (Å²) in [6.45, 7) is 0.291. The van der Waals surface area contributed by atoms with Crippen LogP contribution in [0.2, 0.25) is 0 Å². The molecule has 0 saturated carbocycles. The summed E-state index contributed by atoms with van der Waals surface area (Å²) in [5.74, 6) is -1.28. The summed E-state index contributed by atoms with van der Waals surface area (Å²) < 4.78 is 43.2. The fourth-order valence-corrected chi connectivity index (χ4v) is 2.36. The van der Waals surface area contributed by atoms with Crippen LogP contribution in [0, 0.1) is 0 Å². The predicted molar refractivity (Wildman–Crippen MR) is 71.1 cm³/mol. The number of amides is 1. The van der Waals surface area contributed by atoms with Gasteiger partial charge in [0.15, 0.2) is 0 Å². The van der Waals surface area contributed by atoms with Crippen molar-refractivity contribution in [1.29, 1.82) is 0 Å². The normalized spacial score (nSPS) is 21.5. The molecule has 1 aromatic rings. The number of hydrogen-bond acceptors (Lipinski definition) is 4. The van der Waals surface area contributed by atoms with Crippen LogP contribution >= 0.6 is 0 Å². The zero-order chi connectivity index (χ0) is 16.3. The minimum atomic E-state index is -4.60. The number of methoxy groups -OCH3 is 1. The molecule has 0 unspecified atom stereocenters. The van der Waals surface area contributed by atoms with E-state index >= 15 is 0 Å². The maximum atomic E-state index is 12.9. The number of ether oxygens (including phenoxy) is 1. The van der Waals surface area contributed by atoms with E-state index in [-0.39, 0.29) is 6.42 Å². The first-order chi connectivity index (χ1) is 10.3. The summed E-state index contributed by atoms with van der Waals surface area (Å²) in [4.78, 5) is 23.4. The van der Waals surface area contributed by atoms with Crippen LogP contribution in [-0.4, -0.2) is 37.6 Å². The third-order valence-electron chi connectivity index (χ3n) is 3.43. The number of alkyl halides is 3. The minimum absolute atomic E-state index is 0.270. The molecule has 0 spiro atoms. The SMILES string of the molecule is COC(=O)[C@@H]1C[C@@H](NC(=O)c2ccccc2C(F)(F)F)CN1. The lowest BCUT2D eigenvalue weighted by Crippen LogP contribution is -2.37. The second-order valence-electron chi connectivity index (χ2n) is 4.93. The molecule has 0 bridgehead atoms. The Morgan fingerprint density at radius 1 is 1.32 bits per heavy atom. The second kappa shape index (κ2) is 6.35. The monoisotopic (exact) mass is 316 g/mol. The number of hydrogen-bond donors (Lipinski definition) is 2. The first kappa shape index (κ1) is 16.3. The molecule has 2 N–H and O–H groups in total. The van der Waals surface area contributed by atoms with Crippen molar-refractivity contribution < 1.29 is 27.5 Å². The van der Waals surface area contributed by atoms with Gasteiger partial charge >= 0.3 is 12.1 Å². The van der Waals surface area contributed by atoms with E-state index in [1.807, 2.05) is 0 Å². The van der Waals surface area contributed by atoms with Gasteiger partial charge in [-0.1, -0.05) is 12.1 Å². The number of rotatable bonds is 3. The van der Waals surface area contributed by atoms with Gasteiger partial charge in [-0.15, -0.1) is 0 Å². The highest BCUT2D eigenvalue weighted by atomic mass is 19.4. The van der Waals surface area contributed by atoms with Gasteiger partial charge in [-0.25, -0.2) is 0 Å². The van der Waals surface area contributed by atoms with Crippen molar-refractivity contribution in [2.45, 2.75) is 24.7 Å². The van der Waals surface area contributed by atoms with E-state index in [4.69, 9.17) is 0 Å². The number of carbonyl (C=O) groups is 2. The molecule has 1 saturated heterocycles. The molecule has 0 aromatic heterocycles. The summed E-state index contributed by atoms with van der Waals surface area (Å²) in [5.41, 5.74) is -1.42. The Bertz CT molecular complexity index is 575. The molecule has 1 aliphatic rings. The molecule has 2 rings (SSSR count). The van der Waals surface area contributed by atoms with Gasteiger partial charge in [-0.3, -0.25) is 9.59 Å². The van der Waals surface area contributed by atoms with Gasteiger partial charge in [0, 0.05) is 12.6 Å². The van der Waals surface area contributed by atoms with Crippen molar-refractivity contribution in [3.63, 3.8) is 0 Å². The van der Waals surface area contributed by atoms with E-state index in [1.54, 1.807) is 0 Å². The van der Waals surface area contributed by atoms with E-state index in [0.29, 0.717) is 6.54 Å². The minimum Gasteiger partial charge on any atom is -0.468 e. The van der Waals surface area contributed by atoms with Gasteiger partial charge in [0.1, 0.15) is 6.04 Å². The van der Waals surface area contributed by atoms with Crippen molar-refractivity contribution in [3.05, 3.63) is 35.4 Å². The first-order valence-electron chi connectivity index (χ1n) is 6.61. The third kappa shape index (κ3) is 3.56. The van der Waals surface area contributed by atoms with E-state index in [2.05, 4.69) is 15.4 Å². The van der Waals surface area contributed by atoms with Crippen LogP contribution in [0.1, 0.15) is 22.3 Å². The van der Waals surface area contributed by atoms with Gasteiger partial charge in [-0.2, -0.15) is 13.2 Å². The number of benzene rings is 1. The van der Waals surface area contributed by atoms with Gasteiger partial charge < -0.3 is 15.4 Å². The molecule has 1 aliphatic heterocycles. The highest BCUT2D eigenvalue weighted by molar-refractivity contribution is 5.96. The highest BCUT2D eigenvalue weighted by Gasteiger charge is 2.36. The molecule has 22 heavy (non-hydrogen) atoms. The predicted octanol–water partition coefficient (Wildman–Crippen LogP) is 1.34. The van der Waals surface area contributed by atoms with Gasteiger partial charge in [-0.05, 0) is 18.6 Å². The molecule has 8 heteroatoms. The molecule has 0 aliphatic carbocycles. The Morgan fingerprint density at radius 2 is 2.00 bits per heavy atom. The van der Waals surface area contributed by atoms with Gasteiger partial charge in [0.2, 0.25) is 0 Å². The summed E-state index contributed by atoms with van der Waals surface area (Å²) in [6.07, 6.45) is -4.33. The molecule has 1 fully saturated rings. The van der Waals surface area contributed by atoms with Crippen molar-refractivity contribution in [2.75, 3.05) is 13.7 Å². The number of nitrogens with one attached hydrogen (secondary N) is 2. The third-order valence-corrected chi connectivity index (χ3v) is 3.43. The Kier molecular flexibility index (Phi) is 4.70. The summed E-state index contributed by atoms with van der Waals surface area (Å²) >= 11 is 0. The highest BCUT2D eigenvalue weighted by Crippen LogP contribution is 2.31. The van der Waals surface area contributed by atoms with Gasteiger partial charge in [0.05, 0.1) is 18.2 Å². The molecule has 5 nitrogen and oxygen atoms in total. The van der Waals surface area contributed by atoms with E-state index in [9.17, 15) is 22.8 Å². The first-order valence-corrected chi connectivity index (χ1v) is 6.61. The van der Waals surface area contributed by atoms with Crippen molar-refractivity contribution in [3.8, 4) is 0 Å². The molecule has 1 aromatic carbocycles. The molecule has 120 valence electrons. The molecule has 2 atom stereocenters. The molecule has 1 amide bonds. The number of halogens is 3. The van der Waals surface area contributed by atoms with Crippen LogP contribution in [0.25, 0.3) is 0 Å². The Labute approximate surface area is 124 Å². The van der Waals surface area contributed by atoms with E-state index < -0.39 is 41.3 Å². The van der Waals surface area contributed by atoms with Crippen LogP contribution in [0.5, 0.6) is 0 Å². The van der Waals surface area contributed by atoms with E-state index in [1.165, 1.54) is 19.2 Å². The van der Waals surface area contributed by atoms with Crippen molar-refractivity contribution >= 4 is 11.9 Å². The fourth-order valence-electron chi connectivity index (χ4n) is 2.36. The van der Waals surface area contributed by atoms with Crippen LogP contribution in [0.4, 0.5) is 13.2 Å². The maximum absolute atomic E-state index is 12.9. The molecular weight excluding hydrogens is 301 g/mol. The average molecular weight is 316 g/mol. The second-order valence-corrected chi connectivity index (χ2v) is 4.93. The average Bonchev–Trinajstić information content (AvgIpc) is 2.94. The van der Waals surface area contributed by atoms with Crippen molar-refractivity contribution in [2.24, 2.45) is 0 Å². The largest absolute Gasteiger partial charge is 0.468 e. The lowest BCUT2D eigenvalue weighted by molar-refractivity contribution is -0.142.